The first-order valence-corrected chi connectivity index (χ1v) is 9.11. The van der Waals surface area contributed by atoms with Crippen LogP contribution in [0.2, 0.25) is 0 Å². The predicted molar refractivity (Wildman–Crippen MR) is 103 cm³/mol. The number of methoxy groups -OCH3 is 1. The van der Waals surface area contributed by atoms with Crippen LogP contribution in [-0.4, -0.2) is 33.9 Å². The van der Waals surface area contributed by atoms with E-state index in [0.717, 1.165) is 22.9 Å². The lowest BCUT2D eigenvalue weighted by Gasteiger charge is -2.09. The van der Waals surface area contributed by atoms with Gasteiger partial charge in [0.05, 0.1) is 29.5 Å². The van der Waals surface area contributed by atoms with E-state index in [9.17, 15) is 14.9 Å². The molecule has 0 radical (unpaired) electrons. The highest BCUT2D eigenvalue weighted by Crippen LogP contribution is 2.30. The Hall–Kier alpha value is -3.40. The minimum Gasteiger partial charge on any atom is -0.494 e. The van der Waals surface area contributed by atoms with Gasteiger partial charge in [0.1, 0.15) is 5.75 Å². The molecule has 28 heavy (non-hydrogen) atoms. The van der Waals surface area contributed by atoms with Crippen molar-refractivity contribution in [1.82, 2.24) is 10.2 Å². The first-order chi connectivity index (χ1) is 13.5. The molecule has 1 heterocycles. The van der Waals surface area contributed by atoms with E-state index in [2.05, 4.69) is 15.5 Å². The number of nitrogens with one attached hydrogen (secondary N) is 1. The molecule has 0 saturated carbocycles. The number of nitro groups is 1. The van der Waals surface area contributed by atoms with Crippen LogP contribution in [-0.2, 0) is 4.79 Å². The molecule has 3 aromatic rings. The first-order valence-electron chi connectivity index (χ1n) is 8.12. The number of aromatic nitrogens is 2. The molecular formula is C18H16N4O5S. The molecule has 0 aliphatic rings. The van der Waals surface area contributed by atoms with Crippen LogP contribution < -0.4 is 10.1 Å². The number of carbonyl (C=O) groups excluding carboxylic acids is 1. The van der Waals surface area contributed by atoms with E-state index in [4.69, 9.17) is 9.15 Å². The minimum atomic E-state index is -0.536. The molecule has 0 saturated heterocycles. The monoisotopic (exact) mass is 400 g/mol. The van der Waals surface area contributed by atoms with Crippen molar-refractivity contribution < 1.29 is 18.9 Å². The molecule has 10 heteroatoms. The van der Waals surface area contributed by atoms with Gasteiger partial charge < -0.3 is 14.5 Å². The zero-order valence-electron chi connectivity index (χ0n) is 15.0. The second kappa shape index (κ2) is 8.53. The summed E-state index contributed by atoms with van der Waals surface area (Å²) in [7, 11) is 1.37. The number of non-ortho nitro benzene ring substituents is 1. The highest BCUT2D eigenvalue weighted by molar-refractivity contribution is 7.99. The highest BCUT2D eigenvalue weighted by atomic mass is 32.2. The molecule has 0 fully saturated rings. The molecule has 9 nitrogen and oxygen atoms in total. The molecule has 0 aliphatic heterocycles. The summed E-state index contributed by atoms with van der Waals surface area (Å²) in [6, 6.07) is 11.6. The number of benzene rings is 2. The number of nitro benzene ring substituents is 1. The Labute approximate surface area is 164 Å². The maximum atomic E-state index is 12.2. The van der Waals surface area contributed by atoms with Crippen molar-refractivity contribution in [2.45, 2.75) is 12.1 Å². The van der Waals surface area contributed by atoms with Gasteiger partial charge in [-0.25, -0.2) is 0 Å². The average molecular weight is 400 g/mol. The summed E-state index contributed by atoms with van der Waals surface area (Å²) in [5.74, 6) is 0.272. The number of ether oxygens (including phenoxy) is 1. The maximum absolute atomic E-state index is 12.2. The molecule has 1 N–H and O–H groups in total. The summed E-state index contributed by atoms with van der Waals surface area (Å²) >= 11 is 1.09. The molecule has 1 aromatic heterocycles. The Kier molecular flexibility index (Phi) is 5.90. The maximum Gasteiger partial charge on any atom is 0.277 e. The van der Waals surface area contributed by atoms with Gasteiger partial charge in [-0.05, 0) is 24.6 Å². The minimum absolute atomic E-state index is 0.0234. The third kappa shape index (κ3) is 4.46. The number of hydrogen-bond donors (Lipinski definition) is 1. The summed E-state index contributed by atoms with van der Waals surface area (Å²) in [6.45, 7) is 1.94. The topological polar surface area (TPSA) is 120 Å². The van der Waals surface area contributed by atoms with E-state index in [0.29, 0.717) is 11.6 Å². The smallest absolute Gasteiger partial charge is 0.277 e. The summed E-state index contributed by atoms with van der Waals surface area (Å²) < 4.78 is 10.7. The van der Waals surface area contributed by atoms with E-state index in [1.165, 1.54) is 25.3 Å². The van der Waals surface area contributed by atoms with Gasteiger partial charge in [0.25, 0.3) is 10.9 Å². The molecule has 144 valence electrons. The molecule has 0 spiro atoms. The Balaban J connectivity index is 1.62. The number of nitrogens with zero attached hydrogens (tertiary/aromatic N) is 3. The van der Waals surface area contributed by atoms with Gasteiger partial charge in [0.2, 0.25) is 11.8 Å². The fraction of sp³-hybridized carbons (Fsp3) is 0.167. The van der Waals surface area contributed by atoms with E-state index in [1.54, 1.807) is 0 Å². The lowest BCUT2D eigenvalue weighted by atomic mass is 10.1. The number of rotatable bonds is 7. The van der Waals surface area contributed by atoms with Crippen molar-refractivity contribution in [2.24, 2.45) is 0 Å². The van der Waals surface area contributed by atoms with E-state index in [-0.39, 0.29) is 28.3 Å². The number of aryl methyl sites for hydroxylation is 1. The number of anilines is 1. The van der Waals surface area contributed by atoms with Crippen molar-refractivity contribution >= 4 is 29.0 Å². The van der Waals surface area contributed by atoms with Gasteiger partial charge in [0, 0.05) is 11.6 Å². The molecule has 0 atom stereocenters. The largest absolute Gasteiger partial charge is 0.494 e. The third-order valence-corrected chi connectivity index (χ3v) is 4.60. The Bertz CT molecular complexity index is 1020. The SMILES string of the molecule is COc1cc([N+](=O)[O-])ccc1NC(=O)CSc1nnc(-c2ccccc2C)o1. The Morgan fingerprint density at radius 1 is 1.29 bits per heavy atom. The molecule has 2 aromatic carbocycles. The first kappa shape index (κ1) is 19.4. The van der Waals surface area contributed by atoms with Crippen LogP contribution in [0.5, 0.6) is 5.75 Å². The predicted octanol–water partition coefficient (Wildman–Crippen LogP) is 3.69. The van der Waals surface area contributed by atoms with Gasteiger partial charge in [-0.1, -0.05) is 30.0 Å². The van der Waals surface area contributed by atoms with Crippen LogP contribution >= 0.6 is 11.8 Å². The summed E-state index contributed by atoms with van der Waals surface area (Å²) in [5, 5.41) is 21.7. The lowest BCUT2D eigenvalue weighted by Crippen LogP contribution is -2.14. The number of thioether (sulfide) groups is 1. The lowest BCUT2D eigenvalue weighted by molar-refractivity contribution is -0.384. The second-order valence-electron chi connectivity index (χ2n) is 5.67. The van der Waals surface area contributed by atoms with Crippen LogP contribution in [0.25, 0.3) is 11.5 Å². The number of carbonyl (C=O) groups is 1. The van der Waals surface area contributed by atoms with Crippen LogP contribution in [0, 0.1) is 17.0 Å². The Morgan fingerprint density at radius 3 is 2.79 bits per heavy atom. The van der Waals surface area contributed by atoms with E-state index >= 15 is 0 Å². The fourth-order valence-electron chi connectivity index (χ4n) is 2.40. The Morgan fingerprint density at radius 2 is 2.07 bits per heavy atom. The normalized spacial score (nSPS) is 10.5. The van der Waals surface area contributed by atoms with Crippen molar-refractivity contribution in [2.75, 3.05) is 18.2 Å². The molecular weight excluding hydrogens is 384 g/mol. The van der Waals surface area contributed by atoms with Gasteiger partial charge in [-0.15, -0.1) is 10.2 Å². The van der Waals surface area contributed by atoms with Crippen molar-refractivity contribution in [3.63, 3.8) is 0 Å². The van der Waals surface area contributed by atoms with Crippen LogP contribution in [0.3, 0.4) is 0 Å². The summed E-state index contributed by atoms with van der Waals surface area (Å²) in [6.07, 6.45) is 0. The van der Waals surface area contributed by atoms with Crippen molar-refractivity contribution in [3.8, 4) is 17.2 Å². The van der Waals surface area contributed by atoms with E-state index in [1.807, 2.05) is 31.2 Å². The molecule has 0 bridgehead atoms. The van der Waals surface area contributed by atoms with Crippen molar-refractivity contribution in [3.05, 3.63) is 58.1 Å². The molecule has 1 amide bonds. The quantitative estimate of drug-likeness (QED) is 0.362. The van der Waals surface area contributed by atoms with Crippen LogP contribution in [0.15, 0.2) is 52.1 Å². The van der Waals surface area contributed by atoms with E-state index < -0.39 is 4.92 Å². The fourth-order valence-corrected chi connectivity index (χ4v) is 2.96. The van der Waals surface area contributed by atoms with Gasteiger partial charge in [0.15, 0.2) is 0 Å². The number of hydrogen-bond acceptors (Lipinski definition) is 8. The molecule has 0 unspecified atom stereocenters. The standard InChI is InChI=1S/C18H16N4O5S/c1-11-5-3-4-6-13(11)17-20-21-18(27-17)28-10-16(23)19-14-8-7-12(22(24)25)9-15(14)26-2/h3-9H,10H2,1-2H3,(H,19,23). The van der Waals surface area contributed by atoms with Crippen LogP contribution in [0.1, 0.15) is 5.56 Å². The third-order valence-electron chi connectivity index (χ3n) is 3.78. The zero-order chi connectivity index (χ0) is 20.1. The summed E-state index contributed by atoms with van der Waals surface area (Å²) in [4.78, 5) is 22.5. The zero-order valence-corrected chi connectivity index (χ0v) is 15.9. The highest BCUT2D eigenvalue weighted by Gasteiger charge is 2.15. The van der Waals surface area contributed by atoms with Crippen molar-refractivity contribution in [1.29, 1.82) is 0 Å². The second-order valence-corrected chi connectivity index (χ2v) is 6.59. The van der Waals surface area contributed by atoms with Gasteiger partial charge >= 0.3 is 0 Å². The average Bonchev–Trinajstić information content (AvgIpc) is 3.15. The van der Waals surface area contributed by atoms with Gasteiger partial charge in [-0.3, -0.25) is 14.9 Å². The van der Waals surface area contributed by atoms with Crippen LogP contribution in [0.4, 0.5) is 11.4 Å². The molecule has 0 aliphatic carbocycles. The molecule has 3 rings (SSSR count). The van der Waals surface area contributed by atoms with Gasteiger partial charge in [-0.2, -0.15) is 0 Å². The number of amides is 1. The summed E-state index contributed by atoms with van der Waals surface area (Å²) in [5.41, 5.74) is 2.05.